The smallest absolute Gasteiger partial charge is 0.262 e. The van der Waals surface area contributed by atoms with Gasteiger partial charge < -0.3 is 20.2 Å². The Bertz CT molecular complexity index is 929. The number of hydrogen-bond donors (Lipinski definition) is 2. The quantitative estimate of drug-likeness (QED) is 0.553. The highest BCUT2D eigenvalue weighted by atomic mass is 79.9. The van der Waals surface area contributed by atoms with Gasteiger partial charge in [-0.2, -0.15) is 0 Å². The summed E-state index contributed by atoms with van der Waals surface area (Å²) in [7, 11) is 1.55. The molecule has 2 aromatic carbocycles. The number of aryl methyl sites for hydroxylation is 1. The van der Waals surface area contributed by atoms with Gasteiger partial charge in [0.2, 0.25) is 0 Å². The van der Waals surface area contributed by atoms with Crippen LogP contribution in [-0.4, -0.2) is 34.5 Å². The van der Waals surface area contributed by atoms with E-state index in [9.17, 15) is 4.79 Å². The Balaban J connectivity index is 1.62. The monoisotopic (exact) mass is 445 g/mol. The number of benzene rings is 2. The summed E-state index contributed by atoms with van der Waals surface area (Å²) in [5, 5.41) is 10.3. The molecule has 1 aromatic heterocycles. The van der Waals surface area contributed by atoms with Gasteiger partial charge in [-0.25, -0.2) is 4.68 Å². The number of rotatable bonds is 8. The van der Waals surface area contributed by atoms with Crippen molar-refractivity contribution in [1.82, 2.24) is 14.9 Å². The van der Waals surface area contributed by atoms with Crippen molar-refractivity contribution in [2.75, 3.05) is 24.5 Å². The average Bonchev–Trinajstić information content (AvgIpc) is 3.20. The minimum Gasteiger partial charge on any atom is -0.493 e. The number of nitrogens with zero attached hydrogens (tertiary/aromatic N) is 3. The van der Waals surface area contributed by atoms with Gasteiger partial charge in [0.15, 0.2) is 18.1 Å². The van der Waals surface area contributed by atoms with Crippen LogP contribution >= 0.6 is 15.9 Å². The third kappa shape index (κ3) is 5.23. The molecule has 0 saturated carbocycles. The van der Waals surface area contributed by atoms with Gasteiger partial charge in [-0.15, -0.1) is 10.2 Å². The number of ether oxygens (including phenoxy) is 2. The lowest BCUT2D eigenvalue weighted by molar-refractivity contribution is -0.118. The number of hydrogen-bond acceptors (Lipinski definition) is 6. The fourth-order valence-corrected chi connectivity index (χ4v) is 3.06. The van der Waals surface area contributed by atoms with Gasteiger partial charge in [0, 0.05) is 5.69 Å². The van der Waals surface area contributed by atoms with E-state index < -0.39 is 0 Å². The fourth-order valence-electron chi connectivity index (χ4n) is 2.45. The number of halogens is 1. The first-order valence-corrected chi connectivity index (χ1v) is 9.28. The molecule has 3 rings (SSSR count). The maximum atomic E-state index is 12.2. The summed E-state index contributed by atoms with van der Waals surface area (Å²) < 4.78 is 13.5. The van der Waals surface area contributed by atoms with Crippen LogP contribution < -0.4 is 20.2 Å². The van der Waals surface area contributed by atoms with Crippen LogP contribution in [0.3, 0.4) is 0 Å². The van der Waals surface area contributed by atoms with E-state index >= 15 is 0 Å². The summed E-state index contributed by atoms with van der Waals surface area (Å²) in [6.45, 7) is 2.38. The molecule has 8 nitrogen and oxygen atoms in total. The van der Waals surface area contributed by atoms with E-state index in [1.807, 2.05) is 43.3 Å². The Labute approximate surface area is 171 Å². The van der Waals surface area contributed by atoms with E-state index in [1.165, 1.54) is 0 Å². The Hall–Kier alpha value is -3.07. The normalized spacial score (nSPS) is 10.4. The first-order chi connectivity index (χ1) is 13.5. The molecule has 0 spiro atoms. The molecule has 28 heavy (non-hydrogen) atoms. The highest BCUT2D eigenvalue weighted by Crippen LogP contribution is 2.36. The van der Waals surface area contributed by atoms with Crippen LogP contribution in [0, 0.1) is 6.92 Å². The highest BCUT2D eigenvalue weighted by Gasteiger charge is 2.14. The van der Waals surface area contributed by atoms with Gasteiger partial charge in [-0.05, 0) is 52.7 Å². The zero-order valence-electron chi connectivity index (χ0n) is 15.5. The van der Waals surface area contributed by atoms with Crippen molar-refractivity contribution in [3.63, 3.8) is 0 Å². The largest absolute Gasteiger partial charge is 0.493 e. The third-order valence-corrected chi connectivity index (χ3v) is 4.45. The summed E-state index contributed by atoms with van der Waals surface area (Å²) >= 11 is 3.49. The summed E-state index contributed by atoms with van der Waals surface area (Å²) in [6, 6.07) is 11.3. The minimum absolute atomic E-state index is 0.138. The standard InChI is InChI=1S/C19H20BrN5O3/c1-13-3-5-15(6-4-13)24-18(26)10-28-19-16(20)7-14(8-17(19)27-2)9-23-25-11-21-22-12-25/h3-8,11-12,23H,9-10H2,1-2H3,(H,24,26). The van der Waals surface area contributed by atoms with Crippen LogP contribution in [0.1, 0.15) is 11.1 Å². The van der Waals surface area contributed by atoms with E-state index in [0.717, 1.165) is 16.8 Å². The van der Waals surface area contributed by atoms with Crippen LogP contribution in [0.4, 0.5) is 5.69 Å². The molecule has 3 aromatic rings. The third-order valence-electron chi connectivity index (χ3n) is 3.86. The Morgan fingerprint density at radius 1 is 1.18 bits per heavy atom. The van der Waals surface area contributed by atoms with E-state index in [-0.39, 0.29) is 12.5 Å². The molecule has 1 heterocycles. The molecule has 0 saturated heterocycles. The van der Waals surface area contributed by atoms with Crippen molar-refractivity contribution < 1.29 is 14.3 Å². The molecule has 146 valence electrons. The molecular formula is C19H20BrN5O3. The van der Waals surface area contributed by atoms with Crippen molar-refractivity contribution in [2.45, 2.75) is 13.5 Å². The maximum Gasteiger partial charge on any atom is 0.262 e. The van der Waals surface area contributed by atoms with Crippen molar-refractivity contribution in [3.05, 3.63) is 64.7 Å². The van der Waals surface area contributed by atoms with Crippen LogP contribution in [0.15, 0.2) is 53.5 Å². The van der Waals surface area contributed by atoms with Gasteiger partial charge in [0.1, 0.15) is 12.7 Å². The minimum atomic E-state index is -0.254. The highest BCUT2D eigenvalue weighted by molar-refractivity contribution is 9.10. The van der Waals surface area contributed by atoms with E-state index in [1.54, 1.807) is 24.4 Å². The van der Waals surface area contributed by atoms with Gasteiger partial charge >= 0.3 is 0 Å². The van der Waals surface area contributed by atoms with Gasteiger partial charge in [0.25, 0.3) is 5.91 Å². The zero-order valence-corrected chi connectivity index (χ0v) is 17.1. The predicted octanol–water partition coefficient (Wildman–Crippen LogP) is 3.12. The molecular weight excluding hydrogens is 426 g/mol. The topological polar surface area (TPSA) is 90.3 Å². The number of anilines is 1. The summed E-state index contributed by atoms with van der Waals surface area (Å²) in [6.07, 6.45) is 3.13. The van der Waals surface area contributed by atoms with Crippen LogP contribution in [0.25, 0.3) is 0 Å². The van der Waals surface area contributed by atoms with E-state index in [2.05, 4.69) is 36.9 Å². The van der Waals surface area contributed by atoms with Crippen molar-refractivity contribution in [3.8, 4) is 11.5 Å². The summed E-state index contributed by atoms with van der Waals surface area (Å²) in [5.41, 5.74) is 5.93. The second-order valence-electron chi connectivity index (χ2n) is 6.02. The lowest BCUT2D eigenvalue weighted by Crippen LogP contribution is -2.20. The van der Waals surface area contributed by atoms with Crippen LogP contribution in [0.2, 0.25) is 0 Å². The lowest BCUT2D eigenvalue weighted by atomic mass is 10.2. The molecule has 2 N–H and O–H groups in total. The Morgan fingerprint density at radius 3 is 2.57 bits per heavy atom. The number of carbonyl (C=O) groups is 1. The predicted molar refractivity (Wildman–Crippen MR) is 109 cm³/mol. The number of methoxy groups -OCH3 is 1. The molecule has 0 aliphatic heterocycles. The molecule has 0 unspecified atom stereocenters. The SMILES string of the molecule is COc1cc(CNn2cnnc2)cc(Br)c1OCC(=O)Nc1ccc(C)cc1. The molecule has 0 aliphatic carbocycles. The molecule has 0 atom stereocenters. The van der Waals surface area contributed by atoms with Crippen molar-refractivity contribution in [1.29, 1.82) is 0 Å². The van der Waals surface area contributed by atoms with E-state index in [4.69, 9.17) is 9.47 Å². The molecule has 9 heteroatoms. The molecule has 0 radical (unpaired) electrons. The van der Waals surface area contributed by atoms with Gasteiger partial charge in [-0.3, -0.25) is 4.79 Å². The second-order valence-corrected chi connectivity index (χ2v) is 6.87. The van der Waals surface area contributed by atoms with Crippen LogP contribution in [-0.2, 0) is 11.3 Å². The number of amides is 1. The maximum absolute atomic E-state index is 12.2. The zero-order chi connectivity index (χ0) is 19.9. The van der Waals surface area contributed by atoms with Crippen molar-refractivity contribution >= 4 is 27.5 Å². The number of nitrogens with one attached hydrogen (secondary N) is 2. The first-order valence-electron chi connectivity index (χ1n) is 8.49. The van der Waals surface area contributed by atoms with Gasteiger partial charge in [-0.1, -0.05) is 17.7 Å². The number of carbonyl (C=O) groups excluding carboxylic acids is 1. The van der Waals surface area contributed by atoms with E-state index in [0.29, 0.717) is 22.5 Å². The molecule has 0 aliphatic rings. The van der Waals surface area contributed by atoms with Crippen LogP contribution in [0.5, 0.6) is 11.5 Å². The molecule has 1 amide bonds. The molecule has 0 bridgehead atoms. The van der Waals surface area contributed by atoms with Crippen molar-refractivity contribution in [2.24, 2.45) is 0 Å². The number of aromatic nitrogens is 3. The molecule has 0 fully saturated rings. The second kappa shape index (κ2) is 9.23. The first kappa shape index (κ1) is 19.7. The Morgan fingerprint density at radius 2 is 1.89 bits per heavy atom. The summed E-state index contributed by atoms with van der Waals surface area (Å²) in [4.78, 5) is 12.2. The lowest BCUT2D eigenvalue weighted by Gasteiger charge is -2.15. The fraction of sp³-hybridized carbons (Fsp3) is 0.211. The van der Waals surface area contributed by atoms with Gasteiger partial charge in [0.05, 0.1) is 18.1 Å². The average molecular weight is 446 g/mol. The summed E-state index contributed by atoms with van der Waals surface area (Å²) in [5.74, 6) is 0.740. The Kier molecular flexibility index (Phi) is 6.49.